The summed E-state index contributed by atoms with van der Waals surface area (Å²) in [5.74, 6) is 0. The van der Waals surface area contributed by atoms with E-state index in [0.717, 1.165) is 6.42 Å². The first-order chi connectivity index (χ1) is 31.7. The van der Waals surface area contributed by atoms with Crippen LogP contribution in [0.3, 0.4) is 0 Å². The van der Waals surface area contributed by atoms with Crippen LogP contribution < -0.4 is 41.5 Å². The molecule has 8 aromatic carbocycles. The number of hydrogen-bond donors (Lipinski definition) is 0. The van der Waals surface area contributed by atoms with Crippen LogP contribution in [0, 0.1) is 0 Å². The number of para-hydroxylation sites is 1. The van der Waals surface area contributed by atoms with Gasteiger partial charge in [-0.25, -0.2) is 0 Å². The van der Waals surface area contributed by atoms with E-state index in [1.807, 2.05) is 22.7 Å². The summed E-state index contributed by atoms with van der Waals surface area (Å²) >= 11 is 3.83. The number of hydrogen-bond acceptors (Lipinski definition) is 5. The molecule has 1 fully saturated rings. The van der Waals surface area contributed by atoms with Crippen molar-refractivity contribution in [2.75, 3.05) is 14.7 Å². The molecule has 3 nitrogen and oxygen atoms in total. The van der Waals surface area contributed by atoms with Gasteiger partial charge in [-0.15, -0.1) is 22.7 Å². The van der Waals surface area contributed by atoms with Crippen LogP contribution in [0.15, 0.2) is 158 Å². The largest absolute Gasteiger partial charge is 0.334 e. The lowest BCUT2D eigenvalue weighted by Gasteiger charge is -2.52. The number of thiophene rings is 2. The topological polar surface area (TPSA) is 9.72 Å². The average molecular weight is 888 g/mol. The Morgan fingerprint density at radius 3 is 1.57 bits per heavy atom. The Labute approximate surface area is 389 Å². The van der Waals surface area contributed by atoms with Crippen LogP contribution in [-0.4, -0.2) is 20.3 Å². The van der Waals surface area contributed by atoms with Crippen molar-refractivity contribution in [3.05, 3.63) is 163 Å². The maximum atomic E-state index is 2.80. The Balaban J connectivity index is 1.07. The highest BCUT2D eigenvalue weighted by Gasteiger charge is 2.58. The molecule has 0 saturated heterocycles. The van der Waals surface area contributed by atoms with Gasteiger partial charge in [0.25, 0.3) is 6.71 Å². The molecule has 0 bridgehead atoms. The molecule has 7 heteroatoms. The van der Waals surface area contributed by atoms with E-state index in [1.54, 1.807) is 10.4 Å². The van der Waals surface area contributed by atoms with Crippen LogP contribution >= 0.6 is 22.7 Å². The lowest BCUT2D eigenvalue weighted by Crippen LogP contribution is -2.79. The third-order valence-electron chi connectivity index (χ3n) is 17.0. The lowest BCUT2D eigenvalue weighted by molar-refractivity contribution is 0.195. The average Bonchev–Trinajstić information content (AvgIpc) is 3.95. The van der Waals surface area contributed by atoms with Crippen molar-refractivity contribution in [1.29, 1.82) is 0 Å². The van der Waals surface area contributed by atoms with Crippen LogP contribution in [0.2, 0.25) is 13.1 Å². The normalized spacial score (nSPS) is 20.8. The van der Waals surface area contributed by atoms with Gasteiger partial charge in [0.15, 0.2) is 0 Å². The zero-order valence-corrected chi connectivity index (χ0v) is 39.7. The molecule has 1 aliphatic carbocycles. The number of benzene rings is 8. The maximum Gasteiger partial charge on any atom is 0.251 e. The van der Waals surface area contributed by atoms with Gasteiger partial charge in [-0.05, 0) is 108 Å². The molecule has 0 radical (unpaired) electrons. The second-order valence-electron chi connectivity index (χ2n) is 20.3. The fourth-order valence-electron chi connectivity index (χ4n) is 13.8. The molecular weight excluding hydrogens is 842 g/mol. The van der Waals surface area contributed by atoms with E-state index >= 15 is 0 Å². The third kappa shape index (κ3) is 4.57. The molecular formula is C58H46BN3S2Si. The van der Waals surface area contributed by atoms with Crippen molar-refractivity contribution in [2.45, 2.75) is 63.6 Å². The van der Waals surface area contributed by atoms with E-state index < -0.39 is 8.07 Å². The van der Waals surface area contributed by atoms with E-state index in [2.05, 4.69) is 199 Å². The molecule has 65 heavy (non-hydrogen) atoms. The van der Waals surface area contributed by atoms with Crippen LogP contribution in [0.25, 0.3) is 40.3 Å². The molecule has 10 aromatic rings. The molecule has 0 spiro atoms. The van der Waals surface area contributed by atoms with Crippen molar-refractivity contribution < 1.29 is 0 Å². The number of anilines is 8. The predicted octanol–water partition coefficient (Wildman–Crippen LogP) is 13.4. The van der Waals surface area contributed by atoms with Gasteiger partial charge in [0.05, 0.1) is 5.54 Å². The van der Waals surface area contributed by atoms with Gasteiger partial charge in [-0.2, -0.15) is 0 Å². The fraction of sp³-hybridized carbons (Fsp3) is 0.172. The van der Waals surface area contributed by atoms with Gasteiger partial charge in [-0.3, -0.25) is 0 Å². The predicted molar refractivity (Wildman–Crippen MR) is 286 cm³/mol. The van der Waals surface area contributed by atoms with Crippen LogP contribution in [-0.2, 0) is 5.41 Å². The smallest absolute Gasteiger partial charge is 0.251 e. The summed E-state index contributed by atoms with van der Waals surface area (Å²) in [7, 11) is -2.17. The highest BCUT2D eigenvalue weighted by molar-refractivity contribution is 7.26. The Morgan fingerprint density at radius 1 is 0.462 bits per heavy atom. The maximum absolute atomic E-state index is 2.80. The Hall–Kier alpha value is -6.12. The quantitative estimate of drug-likeness (QED) is 0.164. The van der Waals surface area contributed by atoms with Gasteiger partial charge in [0.2, 0.25) is 0 Å². The summed E-state index contributed by atoms with van der Waals surface area (Å²) < 4.78 is 5.35. The Kier molecular flexibility index (Phi) is 7.20. The molecule has 312 valence electrons. The van der Waals surface area contributed by atoms with E-state index in [-0.39, 0.29) is 17.7 Å². The first kappa shape index (κ1) is 37.1. The summed E-state index contributed by atoms with van der Waals surface area (Å²) in [6.07, 6.45) is 4.87. The number of nitrogens with zero attached hydrogens (tertiary/aromatic N) is 3. The summed E-state index contributed by atoms with van der Waals surface area (Å²) in [6.45, 7) is 10.5. The van der Waals surface area contributed by atoms with Gasteiger partial charge < -0.3 is 14.7 Å². The molecule has 1 saturated carbocycles. The number of rotatable bonds is 3. The minimum atomic E-state index is -2.17. The second-order valence-corrected chi connectivity index (χ2v) is 26.8. The monoisotopic (exact) mass is 887 g/mol. The van der Waals surface area contributed by atoms with E-state index in [0.29, 0.717) is 0 Å². The zero-order chi connectivity index (χ0) is 43.1. The van der Waals surface area contributed by atoms with Crippen molar-refractivity contribution in [3.8, 4) is 0 Å². The summed E-state index contributed by atoms with van der Waals surface area (Å²) in [5.41, 5.74) is 16.3. The van der Waals surface area contributed by atoms with Gasteiger partial charge in [-0.1, -0.05) is 134 Å². The fourth-order valence-corrected chi connectivity index (χ4v) is 19.3. The zero-order valence-electron chi connectivity index (χ0n) is 37.1. The molecule has 0 amide bonds. The van der Waals surface area contributed by atoms with Crippen molar-refractivity contribution in [2.24, 2.45) is 0 Å². The van der Waals surface area contributed by atoms with Gasteiger partial charge in [0, 0.05) is 91.3 Å². The van der Waals surface area contributed by atoms with E-state index in [9.17, 15) is 0 Å². The van der Waals surface area contributed by atoms with Crippen LogP contribution in [0.4, 0.5) is 45.5 Å². The Bertz CT molecular complexity index is 3560. The van der Waals surface area contributed by atoms with Crippen molar-refractivity contribution in [3.63, 3.8) is 0 Å². The SMILES string of the molecule is CC12CCCCC1(C)N(c1cc3c4c(c1)N(c1ccc5c(c1)sc1ccccc15)c1cccc5c1B4c1c(cccc1[Si]5(C)C)N3c1ccc3c(c1)sc1ccccc13)c1ccccc12. The second kappa shape index (κ2) is 12.6. The molecule has 0 N–H and O–H groups in total. The molecule has 2 unspecified atom stereocenters. The minimum absolute atomic E-state index is 0.0371. The summed E-state index contributed by atoms with van der Waals surface area (Å²) in [5, 5.41) is 8.49. The minimum Gasteiger partial charge on any atom is -0.334 e. The highest BCUT2D eigenvalue weighted by atomic mass is 32.1. The molecule has 2 atom stereocenters. The summed E-state index contributed by atoms with van der Waals surface area (Å²) in [6, 6.07) is 61.6. The van der Waals surface area contributed by atoms with Gasteiger partial charge in [0.1, 0.15) is 8.07 Å². The van der Waals surface area contributed by atoms with Crippen molar-refractivity contribution >= 4 is 150 Å². The molecule has 6 heterocycles. The number of fused-ring (bicyclic) bond motifs is 9. The molecule has 5 aliphatic rings. The van der Waals surface area contributed by atoms with Crippen LogP contribution in [0.1, 0.15) is 45.1 Å². The highest BCUT2D eigenvalue weighted by Crippen LogP contribution is 2.62. The van der Waals surface area contributed by atoms with E-state index in [1.165, 1.54) is 127 Å². The van der Waals surface area contributed by atoms with Gasteiger partial charge >= 0.3 is 0 Å². The van der Waals surface area contributed by atoms with Crippen LogP contribution in [0.5, 0.6) is 0 Å². The molecule has 4 aliphatic heterocycles. The standard InChI is InChI=1S/C58H46BN3S2Si/c1-57-29-11-12-30-58(57,2)62(43-18-8-7-17-42(43)57)37-31-46-54-47(32-37)61(36-26-28-41-39-16-6-10-22-49(39)64-51(41)34-36)45-20-14-24-53-56(45)59(54)55-44(19-13-23-52(55)65(53,3)4)60(46)35-25-27-40-38-15-5-9-21-48(38)63-50(40)33-35/h5-10,13-28,31-34H,11-12,29-30H2,1-4H3. The Morgan fingerprint density at radius 2 is 0.969 bits per heavy atom. The van der Waals surface area contributed by atoms with Crippen molar-refractivity contribution in [1.82, 2.24) is 0 Å². The summed E-state index contributed by atoms with van der Waals surface area (Å²) in [4.78, 5) is 8.17. The first-order valence-electron chi connectivity index (χ1n) is 23.5. The van der Waals surface area contributed by atoms with E-state index in [4.69, 9.17) is 0 Å². The molecule has 2 aromatic heterocycles. The first-order valence-corrected chi connectivity index (χ1v) is 28.1. The lowest BCUT2D eigenvalue weighted by atomic mass is 9.33. The molecule has 15 rings (SSSR count). The third-order valence-corrected chi connectivity index (χ3v) is 22.8.